The van der Waals surface area contributed by atoms with E-state index < -0.39 is 10.0 Å². The number of nitrogens with zero attached hydrogens (tertiary/aromatic N) is 1. The highest BCUT2D eigenvalue weighted by atomic mass is 32.2. The lowest BCUT2D eigenvalue weighted by molar-refractivity contribution is 0.0951. The number of ether oxygens (including phenoxy) is 2. The van der Waals surface area contributed by atoms with E-state index in [0.717, 1.165) is 17.4 Å². The summed E-state index contributed by atoms with van der Waals surface area (Å²) in [5.41, 5.74) is 2.81. The molecule has 0 saturated heterocycles. The number of carbonyl (C=O) groups excluding carboxylic acids is 1. The van der Waals surface area contributed by atoms with Crippen molar-refractivity contribution in [3.63, 3.8) is 0 Å². The first-order valence-corrected chi connectivity index (χ1v) is 12.7. The Labute approximate surface area is 201 Å². The first-order valence-electron chi connectivity index (χ1n) is 10.8. The predicted octanol–water partition coefficient (Wildman–Crippen LogP) is 4.20. The molecule has 0 aromatic heterocycles. The third-order valence-corrected chi connectivity index (χ3v) is 6.66. The molecule has 0 unspecified atom stereocenters. The van der Waals surface area contributed by atoms with Gasteiger partial charge in [-0.15, -0.1) is 0 Å². The van der Waals surface area contributed by atoms with Crippen molar-refractivity contribution in [2.24, 2.45) is 0 Å². The van der Waals surface area contributed by atoms with E-state index in [2.05, 4.69) is 12.2 Å². The number of hydrogen-bond donors (Lipinski definition) is 1. The van der Waals surface area contributed by atoms with Crippen molar-refractivity contribution in [3.05, 3.63) is 89.5 Å². The van der Waals surface area contributed by atoms with Gasteiger partial charge in [0.15, 0.2) is 0 Å². The molecule has 3 aromatic carbocycles. The summed E-state index contributed by atoms with van der Waals surface area (Å²) in [5, 5.41) is 2.96. The molecule has 0 aliphatic rings. The Bertz CT molecular complexity index is 1210. The fourth-order valence-electron chi connectivity index (χ4n) is 3.55. The van der Waals surface area contributed by atoms with Crippen LogP contribution in [-0.4, -0.2) is 41.3 Å². The van der Waals surface area contributed by atoms with E-state index in [1.54, 1.807) is 42.5 Å². The minimum Gasteiger partial charge on any atom is -0.497 e. The van der Waals surface area contributed by atoms with Crippen molar-refractivity contribution >= 4 is 21.6 Å². The maximum Gasteiger partial charge on any atom is 0.251 e. The van der Waals surface area contributed by atoms with Crippen LogP contribution >= 0.6 is 0 Å². The highest BCUT2D eigenvalue weighted by molar-refractivity contribution is 7.92. The molecule has 180 valence electrons. The van der Waals surface area contributed by atoms with Gasteiger partial charge < -0.3 is 14.8 Å². The van der Waals surface area contributed by atoms with Gasteiger partial charge >= 0.3 is 0 Å². The lowest BCUT2D eigenvalue weighted by atomic mass is 10.0. The number of rotatable bonds is 10. The number of benzene rings is 3. The van der Waals surface area contributed by atoms with Gasteiger partial charge in [-0.25, -0.2) is 8.42 Å². The standard InChI is InChI=1S/C26H30N2O5S/c1-19(21-8-6-5-7-9-21)17-27-26(29)22-12-10-20(11-13-22)18-28(34(4,30)31)24-15-14-23(32-2)16-25(24)33-3/h5-16,19H,17-18H2,1-4H3,(H,27,29)/t19-/m0/s1. The van der Waals surface area contributed by atoms with Gasteiger partial charge in [-0.05, 0) is 41.3 Å². The smallest absolute Gasteiger partial charge is 0.251 e. The monoisotopic (exact) mass is 482 g/mol. The number of nitrogens with one attached hydrogen (secondary N) is 1. The number of anilines is 1. The lowest BCUT2D eigenvalue weighted by Crippen LogP contribution is -2.30. The third kappa shape index (κ3) is 6.29. The van der Waals surface area contributed by atoms with Crippen LogP contribution in [0.15, 0.2) is 72.8 Å². The molecule has 3 rings (SSSR count). The van der Waals surface area contributed by atoms with Gasteiger partial charge in [-0.1, -0.05) is 49.4 Å². The van der Waals surface area contributed by atoms with E-state index in [-0.39, 0.29) is 18.4 Å². The maximum atomic E-state index is 12.6. The molecular formula is C26H30N2O5S. The van der Waals surface area contributed by atoms with E-state index >= 15 is 0 Å². The Hall–Kier alpha value is -3.52. The molecule has 0 aliphatic heterocycles. The van der Waals surface area contributed by atoms with Crippen LogP contribution in [0.5, 0.6) is 11.5 Å². The molecule has 1 amide bonds. The predicted molar refractivity (Wildman–Crippen MR) is 134 cm³/mol. The number of amides is 1. The number of hydrogen-bond acceptors (Lipinski definition) is 5. The molecule has 34 heavy (non-hydrogen) atoms. The zero-order valence-electron chi connectivity index (χ0n) is 19.8. The van der Waals surface area contributed by atoms with Crippen LogP contribution in [-0.2, 0) is 16.6 Å². The van der Waals surface area contributed by atoms with E-state index in [1.165, 1.54) is 18.5 Å². The van der Waals surface area contributed by atoms with Crippen molar-refractivity contribution in [1.82, 2.24) is 5.32 Å². The van der Waals surface area contributed by atoms with Gasteiger partial charge in [-0.3, -0.25) is 9.10 Å². The van der Waals surface area contributed by atoms with E-state index in [0.29, 0.717) is 29.3 Å². The fraction of sp³-hybridized carbons (Fsp3) is 0.269. The highest BCUT2D eigenvalue weighted by Crippen LogP contribution is 2.34. The second-order valence-electron chi connectivity index (χ2n) is 8.03. The van der Waals surface area contributed by atoms with Gasteiger partial charge in [-0.2, -0.15) is 0 Å². The van der Waals surface area contributed by atoms with Crippen molar-refractivity contribution in [2.45, 2.75) is 19.4 Å². The topological polar surface area (TPSA) is 84.9 Å². The summed E-state index contributed by atoms with van der Waals surface area (Å²) >= 11 is 0. The summed E-state index contributed by atoms with van der Waals surface area (Å²) in [6.07, 6.45) is 1.15. The summed E-state index contributed by atoms with van der Waals surface area (Å²) in [4.78, 5) is 12.6. The molecule has 1 N–H and O–H groups in total. The van der Waals surface area contributed by atoms with Crippen LogP contribution in [0.3, 0.4) is 0 Å². The second-order valence-corrected chi connectivity index (χ2v) is 9.93. The molecule has 0 aliphatic carbocycles. The first kappa shape index (κ1) is 25.1. The van der Waals surface area contributed by atoms with Crippen molar-refractivity contribution in [2.75, 3.05) is 31.3 Å². The molecule has 3 aromatic rings. The van der Waals surface area contributed by atoms with Crippen LogP contribution in [0.1, 0.15) is 34.3 Å². The fourth-order valence-corrected chi connectivity index (χ4v) is 4.44. The Kier molecular flexibility index (Phi) is 8.17. The number of sulfonamides is 1. The van der Waals surface area contributed by atoms with Crippen molar-refractivity contribution < 1.29 is 22.7 Å². The SMILES string of the molecule is COc1ccc(N(Cc2ccc(C(=O)NC[C@H](C)c3ccccc3)cc2)S(C)(=O)=O)c(OC)c1. The van der Waals surface area contributed by atoms with Gasteiger partial charge in [0.25, 0.3) is 5.91 Å². The molecule has 7 nitrogen and oxygen atoms in total. The Balaban J connectivity index is 1.72. The summed E-state index contributed by atoms with van der Waals surface area (Å²) < 4.78 is 37.0. The number of methoxy groups -OCH3 is 2. The van der Waals surface area contributed by atoms with E-state index in [1.807, 2.05) is 30.3 Å². The van der Waals surface area contributed by atoms with Gasteiger partial charge in [0.2, 0.25) is 10.0 Å². The third-order valence-electron chi connectivity index (χ3n) is 5.54. The first-order chi connectivity index (χ1) is 16.2. The maximum absolute atomic E-state index is 12.6. The molecule has 0 radical (unpaired) electrons. The average Bonchev–Trinajstić information content (AvgIpc) is 2.85. The zero-order valence-corrected chi connectivity index (χ0v) is 20.6. The van der Waals surface area contributed by atoms with E-state index in [4.69, 9.17) is 9.47 Å². The number of carbonyl (C=O) groups is 1. The molecule has 8 heteroatoms. The van der Waals surface area contributed by atoms with Crippen LogP contribution in [0.2, 0.25) is 0 Å². The quantitative estimate of drug-likeness (QED) is 0.468. The summed E-state index contributed by atoms with van der Waals surface area (Å²) in [6, 6.07) is 21.9. The van der Waals surface area contributed by atoms with Gasteiger partial charge in [0.05, 0.1) is 32.7 Å². The van der Waals surface area contributed by atoms with E-state index in [9.17, 15) is 13.2 Å². The largest absolute Gasteiger partial charge is 0.497 e. The molecule has 0 heterocycles. The van der Waals surface area contributed by atoms with Gasteiger partial charge in [0, 0.05) is 18.2 Å². The molecule has 0 saturated carbocycles. The van der Waals surface area contributed by atoms with Gasteiger partial charge in [0.1, 0.15) is 11.5 Å². The second kappa shape index (κ2) is 11.1. The Morgan fingerprint density at radius 1 is 0.971 bits per heavy atom. The molecule has 0 bridgehead atoms. The summed E-state index contributed by atoms with van der Waals surface area (Å²) in [5.74, 6) is 0.956. The highest BCUT2D eigenvalue weighted by Gasteiger charge is 2.22. The Morgan fingerprint density at radius 2 is 1.65 bits per heavy atom. The minimum atomic E-state index is -3.61. The molecular weight excluding hydrogens is 452 g/mol. The van der Waals surface area contributed by atoms with Crippen LogP contribution in [0.25, 0.3) is 0 Å². The van der Waals surface area contributed by atoms with Crippen molar-refractivity contribution in [1.29, 1.82) is 0 Å². The molecule has 1 atom stereocenters. The zero-order chi connectivity index (χ0) is 24.7. The average molecular weight is 483 g/mol. The van der Waals surface area contributed by atoms with Crippen LogP contribution < -0.4 is 19.1 Å². The summed E-state index contributed by atoms with van der Waals surface area (Å²) in [7, 11) is -0.599. The molecule has 0 fully saturated rings. The normalized spacial score (nSPS) is 12.0. The van der Waals surface area contributed by atoms with Crippen LogP contribution in [0, 0.1) is 0 Å². The minimum absolute atomic E-state index is 0.0917. The lowest BCUT2D eigenvalue weighted by Gasteiger charge is -2.24. The van der Waals surface area contributed by atoms with Crippen LogP contribution in [0.4, 0.5) is 5.69 Å². The Morgan fingerprint density at radius 3 is 2.24 bits per heavy atom. The summed E-state index contributed by atoms with van der Waals surface area (Å²) in [6.45, 7) is 2.67. The van der Waals surface area contributed by atoms with Crippen molar-refractivity contribution in [3.8, 4) is 11.5 Å². The molecule has 0 spiro atoms.